The molecule has 0 aliphatic rings. The molecular formula is C16H18N2O4. The Balaban J connectivity index is 1.72. The summed E-state index contributed by atoms with van der Waals surface area (Å²) in [6, 6.07) is 13.7. The molecule has 1 aromatic heterocycles. The van der Waals surface area contributed by atoms with Gasteiger partial charge in [-0.15, -0.1) is 0 Å². The molecule has 0 aliphatic heterocycles. The Bertz CT molecular complexity index is 654. The number of hydrogen-bond acceptors (Lipinski definition) is 4. The van der Waals surface area contributed by atoms with Gasteiger partial charge in [-0.1, -0.05) is 24.3 Å². The van der Waals surface area contributed by atoms with Crippen molar-refractivity contribution in [2.45, 2.75) is 12.6 Å². The highest BCUT2D eigenvalue weighted by molar-refractivity contribution is 5.77. The lowest BCUT2D eigenvalue weighted by molar-refractivity contribution is -0.123. The van der Waals surface area contributed by atoms with E-state index in [2.05, 4.69) is 5.32 Å². The molecule has 0 saturated heterocycles. The summed E-state index contributed by atoms with van der Waals surface area (Å²) < 4.78 is 6.67. The minimum Gasteiger partial charge on any atom is -0.484 e. The molecule has 1 amide bonds. The zero-order chi connectivity index (χ0) is 15.8. The number of rotatable bonds is 7. The van der Waals surface area contributed by atoms with Crippen LogP contribution in [-0.4, -0.2) is 34.8 Å². The maximum absolute atomic E-state index is 11.6. The highest BCUT2D eigenvalue weighted by Gasteiger charge is 2.09. The van der Waals surface area contributed by atoms with Crippen LogP contribution >= 0.6 is 0 Å². The first-order chi connectivity index (χ1) is 10.6. The fourth-order valence-electron chi connectivity index (χ4n) is 1.85. The van der Waals surface area contributed by atoms with E-state index in [9.17, 15) is 14.7 Å². The van der Waals surface area contributed by atoms with E-state index in [1.165, 1.54) is 10.6 Å². The first kappa shape index (κ1) is 15.8. The van der Waals surface area contributed by atoms with Gasteiger partial charge in [0.25, 0.3) is 11.5 Å². The van der Waals surface area contributed by atoms with Gasteiger partial charge in [-0.25, -0.2) is 0 Å². The van der Waals surface area contributed by atoms with E-state index in [4.69, 9.17) is 4.74 Å². The van der Waals surface area contributed by atoms with E-state index >= 15 is 0 Å². The molecule has 0 saturated carbocycles. The van der Waals surface area contributed by atoms with E-state index in [0.717, 1.165) is 0 Å². The van der Waals surface area contributed by atoms with Crippen molar-refractivity contribution < 1.29 is 14.6 Å². The van der Waals surface area contributed by atoms with Crippen LogP contribution in [0.1, 0.15) is 0 Å². The molecule has 1 aromatic carbocycles. The number of hydrogen-bond donors (Lipinski definition) is 2. The Morgan fingerprint density at radius 3 is 2.64 bits per heavy atom. The van der Waals surface area contributed by atoms with Crippen molar-refractivity contribution in [3.8, 4) is 5.75 Å². The number of carbonyl (C=O) groups excluding carboxylic acids is 1. The van der Waals surface area contributed by atoms with Crippen LogP contribution in [-0.2, 0) is 11.3 Å². The lowest BCUT2D eigenvalue weighted by atomic mass is 10.3. The molecule has 1 unspecified atom stereocenters. The number of pyridine rings is 1. The minimum absolute atomic E-state index is 0.0539. The summed E-state index contributed by atoms with van der Waals surface area (Å²) in [5, 5.41) is 12.4. The topological polar surface area (TPSA) is 80.6 Å². The third-order valence-electron chi connectivity index (χ3n) is 2.95. The predicted octanol–water partition coefficient (Wildman–Crippen LogP) is 0.404. The summed E-state index contributed by atoms with van der Waals surface area (Å²) in [7, 11) is 0. The van der Waals surface area contributed by atoms with Crippen molar-refractivity contribution in [2.75, 3.05) is 13.2 Å². The van der Waals surface area contributed by atoms with Crippen LogP contribution in [0.4, 0.5) is 0 Å². The molecule has 2 N–H and O–H groups in total. The minimum atomic E-state index is -0.847. The summed E-state index contributed by atoms with van der Waals surface area (Å²) in [4.78, 5) is 23.1. The number of para-hydroxylation sites is 1. The molecule has 22 heavy (non-hydrogen) atoms. The van der Waals surface area contributed by atoms with Gasteiger partial charge in [0.15, 0.2) is 6.61 Å². The highest BCUT2D eigenvalue weighted by atomic mass is 16.5. The molecule has 0 radical (unpaired) electrons. The Labute approximate surface area is 128 Å². The smallest absolute Gasteiger partial charge is 0.258 e. The number of benzene rings is 1. The largest absolute Gasteiger partial charge is 0.484 e. The fourth-order valence-corrected chi connectivity index (χ4v) is 1.85. The molecule has 116 valence electrons. The van der Waals surface area contributed by atoms with E-state index in [-0.39, 0.29) is 31.2 Å². The highest BCUT2D eigenvalue weighted by Crippen LogP contribution is 2.07. The average molecular weight is 302 g/mol. The van der Waals surface area contributed by atoms with Gasteiger partial charge in [0.1, 0.15) is 5.75 Å². The average Bonchev–Trinajstić information content (AvgIpc) is 2.54. The lowest BCUT2D eigenvalue weighted by Gasteiger charge is -2.13. The van der Waals surface area contributed by atoms with Crippen LogP contribution in [0.5, 0.6) is 5.75 Å². The maximum Gasteiger partial charge on any atom is 0.258 e. The third-order valence-corrected chi connectivity index (χ3v) is 2.95. The van der Waals surface area contributed by atoms with Crippen molar-refractivity contribution in [3.63, 3.8) is 0 Å². The molecule has 2 rings (SSSR count). The molecule has 0 bridgehead atoms. The Morgan fingerprint density at radius 2 is 1.91 bits per heavy atom. The Morgan fingerprint density at radius 1 is 1.18 bits per heavy atom. The SMILES string of the molecule is O=C(COc1ccccc1)NCC(O)Cn1ccccc1=O. The summed E-state index contributed by atoms with van der Waals surface area (Å²) in [6.07, 6.45) is 0.743. The van der Waals surface area contributed by atoms with Gasteiger partial charge in [0, 0.05) is 18.8 Å². The second-order valence-corrected chi connectivity index (χ2v) is 4.75. The van der Waals surface area contributed by atoms with Gasteiger partial charge in [-0.05, 0) is 18.2 Å². The molecule has 0 spiro atoms. The lowest BCUT2D eigenvalue weighted by Crippen LogP contribution is -2.38. The maximum atomic E-state index is 11.6. The standard InChI is InChI=1S/C16H18N2O4/c19-13(11-18-9-5-4-8-16(18)21)10-17-15(20)12-22-14-6-2-1-3-7-14/h1-9,13,19H,10-12H2,(H,17,20). The molecule has 6 nitrogen and oxygen atoms in total. The van der Waals surface area contributed by atoms with Crippen LogP contribution in [0, 0.1) is 0 Å². The van der Waals surface area contributed by atoms with E-state index in [0.29, 0.717) is 5.75 Å². The van der Waals surface area contributed by atoms with Crippen LogP contribution in [0.25, 0.3) is 0 Å². The number of carbonyl (C=O) groups is 1. The fraction of sp³-hybridized carbons (Fsp3) is 0.250. The third kappa shape index (κ3) is 5.06. The van der Waals surface area contributed by atoms with Crippen molar-refractivity contribution in [3.05, 3.63) is 65.1 Å². The zero-order valence-corrected chi connectivity index (χ0v) is 12.0. The monoisotopic (exact) mass is 302 g/mol. The molecule has 2 aromatic rings. The molecule has 0 fully saturated rings. The van der Waals surface area contributed by atoms with Crippen LogP contribution in [0.2, 0.25) is 0 Å². The van der Waals surface area contributed by atoms with Gasteiger partial charge < -0.3 is 19.7 Å². The van der Waals surface area contributed by atoms with Crippen molar-refractivity contribution in [1.82, 2.24) is 9.88 Å². The van der Waals surface area contributed by atoms with Gasteiger partial charge in [0.2, 0.25) is 0 Å². The number of nitrogens with one attached hydrogen (secondary N) is 1. The number of ether oxygens (including phenoxy) is 1. The van der Waals surface area contributed by atoms with Crippen molar-refractivity contribution >= 4 is 5.91 Å². The predicted molar refractivity (Wildman–Crippen MR) is 81.7 cm³/mol. The Kier molecular flexibility index (Phi) is 5.73. The van der Waals surface area contributed by atoms with Gasteiger partial charge in [-0.3, -0.25) is 9.59 Å². The summed E-state index contributed by atoms with van der Waals surface area (Å²) in [6.45, 7) is 0.0554. The summed E-state index contributed by atoms with van der Waals surface area (Å²) in [5.41, 5.74) is -0.194. The number of aliphatic hydroxyl groups excluding tert-OH is 1. The van der Waals surface area contributed by atoms with Gasteiger partial charge in [0.05, 0.1) is 12.6 Å². The van der Waals surface area contributed by atoms with Crippen LogP contribution in [0.3, 0.4) is 0 Å². The molecule has 0 aliphatic carbocycles. The van der Waals surface area contributed by atoms with E-state index in [1.807, 2.05) is 18.2 Å². The first-order valence-electron chi connectivity index (χ1n) is 6.93. The van der Waals surface area contributed by atoms with Crippen molar-refractivity contribution in [2.24, 2.45) is 0 Å². The number of nitrogens with zero attached hydrogens (tertiary/aromatic N) is 1. The summed E-state index contributed by atoms with van der Waals surface area (Å²) in [5.74, 6) is 0.275. The van der Waals surface area contributed by atoms with Crippen LogP contribution in [0.15, 0.2) is 59.5 Å². The number of aromatic nitrogens is 1. The quantitative estimate of drug-likeness (QED) is 0.776. The van der Waals surface area contributed by atoms with E-state index in [1.54, 1.807) is 30.5 Å². The molecule has 6 heteroatoms. The van der Waals surface area contributed by atoms with E-state index < -0.39 is 6.10 Å². The Hall–Kier alpha value is -2.60. The molecule has 1 heterocycles. The normalized spacial score (nSPS) is 11.7. The first-order valence-corrected chi connectivity index (χ1v) is 6.93. The number of aliphatic hydroxyl groups is 1. The second-order valence-electron chi connectivity index (χ2n) is 4.75. The summed E-state index contributed by atoms with van der Waals surface area (Å²) >= 11 is 0. The van der Waals surface area contributed by atoms with Gasteiger partial charge in [-0.2, -0.15) is 0 Å². The van der Waals surface area contributed by atoms with Crippen molar-refractivity contribution in [1.29, 1.82) is 0 Å². The number of amides is 1. The molecule has 1 atom stereocenters. The second kappa shape index (κ2) is 7.99. The molecular weight excluding hydrogens is 284 g/mol. The van der Waals surface area contributed by atoms with Gasteiger partial charge >= 0.3 is 0 Å². The zero-order valence-electron chi connectivity index (χ0n) is 12.0. The van der Waals surface area contributed by atoms with Crippen LogP contribution < -0.4 is 15.6 Å².